The minimum atomic E-state index is 0.0512. The molecule has 1 amide bonds. The van der Waals surface area contributed by atoms with Gasteiger partial charge in [0.2, 0.25) is 5.91 Å². The van der Waals surface area contributed by atoms with Crippen LogP contribution in [0, 0.1) is 6.92 Å². The summed E-state index contributed by atoms with van der Waals surface area (Å²) in [6.07, 6.45) is 0.968. The van der Waals surface area contributed by atoms with E-state index in [1.165, 1.54) is 10.4 Å². The maximum atomic E-state index is 11.5. The van der Waals surface area contributed by atoms with E-state index in [1.54, 1.807) is 11.3 Å². The van der Waals surface area contributed by atoms with E-state index >= 15 is 0 Å². The Bertz CT molecular complexity index is 331. The number of aryl methyl sites for hydroxylation is 1. The highest BCUT2D eigenvalue weighted by atomic mass is 32.1. The smallest absolute Gasteiger partial charge is 0.237 e. The van der Waals surface area contributed by atoms with Gasteiger partial charge >= 0.3 is 0 Å². The lowest BCUT2D eigenvalue weighted by atomic mass is 10.1. The third-order valence-electron chi connectivity index (χ3n) is 2.53. The third-order valence-corrected chi connectivity index (χ3v) is 3.55. The Morgan fingerprint density at radius 3 is 3.07 bits per heavy atom. The van der Waals surface area contributed by atoms with E-state index in [-0.39, 0.29) is 11.9 Å². The summed E-state index contributed by atoms with van der Waals surface area (Å²) in [6.45, 7) is 3.70. The average Bonchev–Trinajstić information content (AvgIpc) is 2.44. The molecule has 3 nitrogen and oxygen atoms in total. The summed E-state index contributed by atoms with van der Waals surface area (Å²) in [5, 5.41) is 8.07. The lowest BCUT2D eigenvalue weighted by molar-refractivity contribution is -0.124. The van der Waals surface area contributed by atoms with Crippen LogP contribution in [-0.2, 0) is 11.3 Å². The number of thiophene rings is 1. The standard InChI is InChI=1S/C10H14N2OS/c1-7-3-5-14-9(7)6-12-10(13)8-2-4-11-8/h3,5,8,11H,2,4,6H2,1H3,(H,12,13)/t8-/m1/s1. The second kappa shape index (κ2) is 4.11. The molecule has 1 aliphatic rings. The zero-order valence-electron chi connectivity index (χ0n) is 8.17. The van der Waals surface area contributed by atoms with Gasteiger partial charge in [-0.05, 0) is 36.9 Å². The van der Waals surface area contributed by atoms with Crippen molar-refractivity contribution in [3.05, 3.63) is 21.9 Å². The highest BCUT2D eigenvalue weighted by Crippen LogP contribution is 2.15. The van der Waals surface area contributed by atoms with Gasteiger partial charge in [-0.1, -0.05) is 0 Å². The normalized spacial score (nSPS) is 20.2. The van der Waals surface area contributed by atoms with Crippen LogP contribution < -0.4 is 10.6 Å². The van der Waals surface area contributed by atoms with Crippen LogP contribution in [0.2, 0.25) is 0 Å². The molecule has 2 rings (SSSR count). The lowest BCUT2D eigenvalue weighted by Gasteiger charge is -2.26. The first-order valence-electron chi connectivity index (χ1n) is 4.81. The zero-order valence-corrected chi connectivity index (χ0v) is 8.99. The molecule has 1 aromatic rings. The Morgan fingerprint density at radius 2 is 2.57 bits per heavy atom. The van der Waals surface area contributed by atoms with Crippen molar-refractivity contribution in [1.29, 1.82) is 0 Å². The van der Waals surface area contributed by atoms with Crippen molar-refractivity contribution in [2.75, 3.05) is 6.54 Å². The molecule has 1 saturated heterocycles. The molecule has 14 heavy (non-hydrogen) atoms. The molecule has 0 aliphatic carbocycles. The molecule has 1 aromatic heterocycles. The molecule has 0 radical (unpaired) electrons. The summed E-state index contributed by atoms with van der Waals surface area (Å²) in [5.74, 6) is 0.129. The fourth-order valence-corrected chi connectivity index (χ4v) is 2.23. The van der Waals surface area contributed by atoms with Crippen molar-refractivity contribution >= 4 is 17.2 Å². The minimum Gasteiger partial charge on any atom is -0.350 e. The van der Waals surface area contributed by atoms with Crippen LogP contribution in [0.1, 0.15) is 16.9 Å². The lowest BCUT2D eigenvalue weighted by Crippen LogP contribution is -2.52. The van der Waals surface area contributed by atoms with Gasteiger partial charge in [-0.3, -0.25) is 4.79 Å². The van der Waals surface area contributed by atoms with Crippen molar-refractivity contribution in [3.8, 4) is 0 Å². The number of rotatable bonds is 3. The highest BCUT2D eigenvalue weighted by Gasteiger charge is 2.23. The largest absolute Gasteiger partial charge is 0.350 e. The highest BCUT2D eigenvalue weighted by molar-refractivity contribution is 7.10. The van der Waals surface area contributed by atoms with Crippen LogP contribution in [0.3, 0.4) is 0 Å². The third kappa shape index (κ3) is 1.96. The van der Waals surface area contributed by atoms with E-state index in [4.69, 9.17) is 0 Å². The van der Waals surface area contributed by atoms with Crippen LogP contribution in [0.4, 0.5) is 0 Å². The van der Waals surface area contributed by atoms with Crippen molar-refractivity contribution < 1.29 is 4.79 Å². The number of hydrogen-bond donors (Lipinski definition) is 2. The fraction of sp³-hybridized carbons (Fsp3) is 0.500. The molecule has 1 atom stereocenters. The van der Waals surface area contributed by atoms with E-state index < -0.39 is 0 Å². The first kappa shape index (κ1) is 9.68. The molecule has 2 heterocycles. The maximum Gasteiger partial charge on any atom is 0.237 e. The molecule has 1 aliphatic heterocycles. The van der Waals surface area contributed by atoms with Crippen molar-refractivity contribution in [2.24, 2.45) is 0 Å². The van der Waals surface area contributed by atoms with Crippen molar-refractivity contribution in [3.63, 3.8) is 0 Å². The van der Waals surface area contributed by atoms with Gasteiger partial charge in [-0.15, -0.1) is 11.3 Å². The molecule has 0 bridgehead atoms. The molecule has 76 valence electrons. The minimum absolute atomic E-state index is 0.0512. The van der Waals surface area contributed by atoms with Gasteiger partial charge in [0.15, 0.2) is 0 Å². The van der Waals surface area contributed by atoms with Crippen molar-refractivity contribution in [2.45, 2.75) is 25.9 Å². The van der Waals surface area contributed by atoms with Crippen LogP contribution in [0.15, 0.2) is 11.4 Å². The Morgan fingerprint density at radius 1 is 1.79 bits per heavy atom. The van der Waals surface area contributed by atoms with E-state index in [0.29, 0.717) is 6.54 Å². The van der Waals surface area contributed by atoms with Crippen LogP contribution >= 0.6 is 11.3 Å². The van der Waals surface area contributed by atoms with Gasteiger partial charge in [-0.2, -0.15) is 0 Å². The number of amides is 1. The Kier molecular flexibility index (Phi) is 2.84. The second-order valence-corrected chi connectivity index (χ2v) is 4.54. The number of carbonyl (C=O) groups is 1. The van der Waals surface area contributed by atoms with E-state index in [1.807, 2.05) is 0 Å². The van der Waals surface area contributed by atoms with Crippen LogP contribution in [0.25, 0.3) is 0 Å². The van der Waals surface area contributed by atoms with E-state index in [2.05, 4.69) is 29.0 Å². The Balaban J connectivity index is 1.82. The zero-order chi connectivity index (χ0) is 9.97. The molecule has 0 unspecified atom stereocenters. The van der Waals surface area contributed by atoms with Gasteiger partial charge in [0.05, 0.1) is 12.6 Å². The summed E-state index contributed by atoms with van der Waals surface area (Å²) in [6, 6.07) is 2.13. The predicted molar refractivity (Wildman–Crippen MR) is 57.3 cm³/mol. The van der Waals surface area contributed by atoms with Gasteiger partial charge in [0, 0.05) is 4.88 Å². The molecule has 4 heteroatoms. The first-order chi connectivity index (χ1) is 6.77. The second-order valence-electron chi connectivity index (χ2n) is 3.54. The van der Waals surface area contributed by atoms with Crippen LogP contribution in [0.5, 0.6) is 0 Å². The molecular formula is C10H14N2OS. The number of nitrogens with one attached hydrogen (secondary N) is 2. The van der Waals surface area contributed by atoms with Gasteiger partial charge in [0.1, 0.15) is 0 Å². The van der Waals surface area contributed by atoms with Gasteiger partial charge < -0.3 is 10.6 Å². The monoisotopic (exact) mass is 210 g/mol. The first-order valence-corrected chi connectivity index (χ1v) is 5.69. The Labute approximate surface area is 87.5 Å². The average molecular weight is 210 g/mol. The molecule has 1 fully saturated rings. The fourth-order valence-electron chi connectivity index (χ4n) is 1.39. The summed E-state index contributed by atoms with van der Waals surface area (Å²) < 4.78 is 0. The van der Waals surface area contributed by atoms with E-state index in [9.17, 15) is 4.79 Å². The Hall–Kier alpha value is -0.870. The SMILES string of the molecule is Cc1ccsc1CNC(=O)[C@H]1CCN1. The van der Waals surface area contributed by atoms with Crippen molar-refractivity contribution in [1.82, 2.24) is 10.6 Å². The summed E-state index contributed by atoms with van der Waals surface area (Å²) in [4.78, 5) is 12.7. The molecule has 0 spiro atoms. The van der Waals surface area contributed by atoms with Gasteiger partial charge in [-0.25, -0.2) is 0 Å². The van der Waals surface area contributed by atoms with E-state index in [0.717, 1.165) is 13.0 Å². The van der Waals surface area contributed by atoms with Gasteiger partial charge in [0.25, 0.3) is 0 Å². The quantitative estimate of drug-likeness (QED) is 0.782. The molecule has 0 aromatic carbocycles. The summed E-state index contributed by atoms with van der Waals surface area (Å²) in [5.41, 5.74) is 1.26. The maximum absolute atomic E-state index is 11.5. The predicted octanol–water partition coefficient (Wildman–Crippen LogP) is 1.03. The molecular weight excluding hydrogens is 196 g/mol. The molecule has 0 saturated carbocycles. The van der Waals surface area contributed by atoms with Crippen LogP contribution in [-0.4, -0.2) is 18.5 Å². The summed E-state index contributed by atoms with van der Waals surface area (Å²) in [7, 11) is 0. The molecule has 2 N–H and O–H groups in total. The summed E-state index contributed by atoms with van der Waals surface area (Å²) >= 11 is 1.69. The topological polar surface area (TPSA) is 41.1 Å². The number of hydrogen-bond acceptors (Lipinski definition) is 3. The number of carbonyl (C=O) groups excluding carboxylic acids is 1.